The van der Waals surface area contributed by atoms with Crippen LogP contribution < -0.4 is 10.6 Å². The van der Waals surface area contributed by atoms with Crippen LogP contribution in [0.25, 0.3) is 0 Å². The number of rotatable bonds is 5. The predicted molar refractivity (Wildman–Crippen MR) is 81.9 cm³/mol. The fraction of sp³-hybridized carbons (Fsp3) is 0.250. The van der Waals surface area contributed by atoms with E-state index >= 15 is 0 Å². The van der Waals surface area contributed by atoms with Gasteiger partial charge in [-0.05, 0) is 30.2 Å². The van der Waals surface area contributed by atoms with Crippen molar-refractivity contribution in [3.05, 3.63) is 54.1 Å². The normalized spacial score (nSPS) is 10.5. The predicted octanol–water partition coefficient (Wildman–Crippen LogP) is 3.54. The largest absolute Gasteiger partial charge is 0.384 e. The Hall–Kier alpha value is -2.43. The summed E-state index contributed by atoms with van der Waals surface area (Å²) in [5.41, 5.74) is 1.63. The van der Waals surface area contributed by atoms with E-state index in [0.717, 1.165) is 12.2 Å². The number of anilines is 2. The van der Waals surface area contributed by atoms with Gasteiger partial charge in [-0.2, -0.15) is 0 Å². The van der Waals surface area contributed by atoms with E-state index in [-0.39, 0.29) is 5.91 Å². The van der Waals surface area contributed by atoms with Crippen LogP contribution in [-0.4, -0.2) is 17.4 Å². The maximum atomic E-state index is 13.1. The number of carbonyl (C=O) groups excluding carboxylic acids is 1. The molecule has 0 aliphatic carbocycles. The van der Waals surface area contributed by atoms with Crippen LogP contribution in [0, 0.1) is 11.7 Å². The number of carbonyl (C=O) groups is 1. The van der Waals surface area contributed by atoms with Crippen LogP contribution >= 0.6 is 0 Å². The molecule has 1 heterocycles. The van der Waals surface area contributed by atoms with Gasteiger partial charge in [0.05, 0.1) is 11.3 Å². The van der Waals surface area contributed by atoms with Crippen molar-refractivity contribution in [2.24, 2.45) is 5.92 Å². The smallest absolute Gasteiger partial charge is 0.257 e. The first kappa shape index (κ1) is 15.0. The molecule has 21 heavy (non-hydrogen) atoms. The van der Waals surface area contributed by atoms with Gasteiger partial charge in [-0.15, -0.1) is 0 Å². The van der Waals surface area contributed by atoms with Gasteiger partial charge in [-0.1, -0.05) is 19.9 Å². The van der Waals surface area contributed by atoms with Crippen LogP contribution in [0.5, 0.6) is 0 Å². The summed E-state index contributed by atoms with van der Waals surface area (Å²) in [6, 6.07) is 7.50. The molecule has 0 bridgehead atoms. The molecule has 0 aliphatic heterocycles. The van der Waals surface area contributed by atoms with E-state index in [0.29, 0.717) is 17.2 Å². The zero-order chi connectivity index (χ0) is 15.2. The van der Waals surface area contributed by atoms with Crippen molar-refractivity contribution in [1.82, 2.24) is 4.98 Å². The van der Waals surface area contributed by atoms with Crippen LogP contribution in [0.1, 0.15) is 24.2 Å². The molecule has 4 nitrogen and oxygen atoms in total. The molecule has 0 aliphatic rings. The molecule has 1 amide bonds. The first-order chi connectivity index (χ1) is 10.0. The second-order valence-corrected chi connectivity index (χ2v) is 5.20. The van der Waals surface area contributed by atoms with E-state index in [1.807, 2.05) is 0 Å². The number of pyridine rings is 1. The highest BCUT2D eigenvalue weighted by Crippen LogP contribution is 2.13. The van der Waals surface area contributed by atoms with Crippen molar-refractivity contribution in [3.8, 4) is 0 Å². The van der Waals surface area contributed by atoms with E-state index < -0.39 is 5.82 Å². The molecular formula is C16H18FN3O. The lowest BCUT2D eigenvalue weighted by molar-refractivity contribution is 0.102. The zero-order valence-corrected chi connectivity index (χ0v) is 12.1. The summed E-state index contributed by atoms with van der Waals surface area (Å²) < 4.78 is 13.1. The third kappa shape index (κ3) is 4.56. The Bertz CT molecular complexity index is 628. The summed E-state index contributed by atoms with van der Waals surface area (Å²) in [4.78, 5) is 16.2. The zero-order valence-electron chi connectivity index (χ0n) is 12.1. The van der Waals surface area contributed by atoms with Gasteiger partial charge in [0.25, 0.3) is 5.91 Å². The molecule has 0 saturated carbocycles. The second kappa shape index (κ2) is 6.83. The lowest BCUT2D eigenvalue weighted by atomic mass is 10.2. The Labute approximate surface area is 123 Å². The van der Waals surface area contributed by atoms with Gasteiger partial charge in [0, 0.05) is 24.6 Å². The minimum Gasteiger partial charge on any atom is -0.384 e. The fourth-order valence-electron chi connectivity index (χ4n) is 1.75. The molecule has 0 radical (unpaired) electrons. The molecule has 0 spiro atoms. The Morgan fingerprint density at radius 3 is 2.76 bits per heavy atom. The first-order valence-corrected chi connectivity index (χ1v) is 6.80. The molecule has 110 valence electrons. The molecule has 2 aromatic rings. The minimum atomic E-state index is -0.390. The lowest BCUT2D eigenvalue weighted by Crippen LogP contribution is -2.14. The molecule has 2 rings (SSSR count). The van der Waals surface area contributed by atoms with Gasteiger partial charge in [-0.3, -0.25) is 9.78 Å². The highest BCUT2D eigenvalue weighted by Gasteiger charge is 2.08. The van der Waals surface area contributed by atoms with Crippen molar-refractivity contribution < 1.29 is 9.18 Å². The molecule has 5 heteroatoms. The van der Waals surface area contributed by atoms with Gasteiger partial charge in [0.15, 0.2) is 0 Å². The van der Waals surface area contributed by atoms with Gasteiger partial charge >= 0.3 is 0 Å². The van der Waals surface area contributed by atoms with Gasteiger partial charge < -0.3 is 10.6 Å². The van der Waals surface area contributed by atoms with Crippen molar-refractivity contribution >= 4 is 17.3 Å². The maximum absolute atomic E-state index is 13.1. The molecule has 0 atom stereocenters. The average Bonchev–Trinajstić information content (AvgIpc) is 2.45. The number of amides is 1. The number of aromatic nitrogens is 1. The monoisotopic (exact) mass is 287 g/mol. The summed E-state index contributed by atoms with van der Waals surface area (Å²) >= 11 is 0. The fourth-order valence-corrected chi connectivity index (χ4v) is 1.75. The SMILES string of the molecule is CC(C)CNc1cncc(C(=O)Nc2cccc(F)c2)c1. The molecule has 2 N–H and O–H groups in total. The molecule has 1 aromatic heterocycles. The summed E-state index contributed by atoms with van der Waals surface area (Å²) in [6.45, 7) is 5.00. The number of hydrogen-bond donors (Lipinski definition) is 2. The highest BCUT2D eigenvalue weighted by atomic mass is 19.1. The molecule has 0 saturated heterocycles. The number of halogens is 1. The maximum Gasteiger partial charge on any atom is 0.257 e. The van der Waals surface area contributed by atoms with E-state index in [9.17, 15) is 9.18 Å². The summed E-state index contributed by atoms with van der Waals surface area (Å²) in [7, 11) is 0. The third-order valence-corrected chi connectivity index (χ3v) is 2.80. The average molecular weight is 287 g/mol. The highest BCUT2D eigenvalue weighted by molar-refractivity contribution is 6.04. The van der Waals surface area contributed by atoms with E-state index in [4.69, 9.17) is 0 Å². The first-order valence-electron chi connectivity index (χ1n) is 6.80. The second-order valence-electron chi connectivity index (χ2n) is 5.20. The van der Waals surface area contributed by atoms with Gasteiger partial charge in [0.1, 0.15) is 5.82 Å². The summed E-state index contributed by atoms with van der Waals surface area (Å²) in [5, 5.41) is 5.85. The van der Waals surface area contributed by atoms with Crippen LogP contribution in [0.4, 0.5) is 15.8 Å². The Kier molecular flexibility index (Phi) is 4.87. The van der Waals surface area contributed by atoms with Crippen LogP contribution in [0.3, 0.4) is 0 Å². The molecule has 0 unspecified atom stereocenters. The van der Waals surface area contributed by atoms with E-state index in [2.05, 4.69) is 29.5 Å². The Morgan fingerprint density at radius 2 is 2.05 bits per heavy atom. The van der Waals surface area contributed by atoms with Crippen molar-refractivity contribution in [2.45, 2.75) is 13.8 Å². The summed E-state index contributed by atoms with van der Waals surface area (Å²) in [5.74, 6) is -0.214. The molecule has 0 fully saturated rings. The number of nitrogens with one attached hydrogen (secondary N) is 2. The number of hydrogen-bond acceptors (Lipinski definition) is 3. The topological polar surface area (TPSA) is 54.0 Å². The standard InChI is InChI=1S/C16H18FN3O/c1-11(2)8-19-15-6-12(9-18-10-15)16(21)20-14-5-3-4-13(17)7-14/h3-7,9-11,19H,8H2,1-2H3,(H,20,21). The summed E-state index contributed by atoms with van der Waals surface area (Å²) in [6.07, 6.45) is 3.15. The minimum absolute atomic E-state index is 0.318. The van der Waals surface area contributed by atoms with Crippen molar-refractivity contribution in [2.75, 3.05) is 17.2 Å². The van der Waals surface area contributed by atoms with Crippen LogP contribution in [0.15, 0.2) is 42.7 Å². The number of benzene rings is 1. The van der Waals surface area contributed by atoms with E-state index in [1.54, 1.807) is 24.4 Å². The Morgan fingerprint density at radius 1 is 1.24 bits per heavy atom. The molecule has 1 aromatic carbocycles. The van der Waals surface area contributed by atoms with E-state index in [1.165, 1.54) is 18.3 Å². The van der Waals surface area contributed by atoms with Crippen molar-refractivity contribution in [1.29, 1.82) is 0 Å². The van der Waals surface area contributed by atoms with Gasteiger partial charge in [-0.25, -0.2) is 4.39 Å². The quantitative estimate of drug-likeness (QED) is 0.884. The molecular weight excluding hydrogens is 269 g/mol. The Balaban J connectivity index is 2.07. The lowest BCUT2D eigenvalue weighted by Gasteiger charge is -2.10. The number of nitrogens with zero attached hydrogens (tertiary/aromatic N) is 1. The van der Waals surface area contributed by atoms with Crippen LogP contribution in [-0.2, 0) is 0 Å². The van der Waals surface area contributed by atoms with Crippen molar-refractivity contribution in [3.63, 3.8) is 0 Å². The van der Waals surface area contributed by atoms with Gasteiger partial charge in [0.2, 0.25) is 0 Å². The third-order valence-electron chi connectivity index (χ3n) is 2.80. The van der Waals surface area contributed by atoms with Crippen LogP contribution in [0.2, 0.25) is 0 Å².